The first-order chi connectivity index (χ1) is 20.5. The maximum atomic E-state index is 11.3. The lowest BCUT2D eigenvalue weighted by Crippen LogP contribution is -2.58. The number of rotatable bonds is 13. The lowest BCUT2D eigenvalue weighted by atomic mass is 9.79. The highest BCUT2D eigenvalue weighted by Gasteiger charge is 2.52. The number of hydrogen-bond donors (Lipinski definition) is 1. The SMILES string of the molecule is C#C[C@@H]1O[C@@]2(CC[C@H](C)[C@@H](C/C=C(C)/C=C/[C@H](O[Si](C)(C)C(C)(C)C)[C@@H](C)CO[Si](C)(C)C(C)(C)C)O2)CC[C@]1(O)CCCC. The van der Waals surface area contributed by atoms with E-state index in [4.69, 9.17) is 24.7 Å². The molecule has 2 aliphatic heterocycles. The van der Waals surface area contributed by atoms with Crippen LogP contribution in [0, 0.1) is 24.2 Å². The summed E-state index contributed by atoms with van der Waals surface area (Å²) in [7, 11) is -3.86. The molecule has 0 bridgehead atoms. The largest absolute Gasteiger partial charge is 0.416 e. The Morgan fingerprint density at radius 1 is 1.04 bits per heavy atom. The van der Waals surface area contributed by atoms with Crippen LogP contribution in [0.3, 0.4) is 0 Å². The van der Waals surface area contributed by atoms with Gasteiger partial charge < -0.3 is 23.4 Å². The van der Waals surface area contributed by atoms with E-state index in [0.717, 1.165) is 32.1 Å². The van der Waals surface area contributed by atoms with Crippen LogP contribution in [-0.4, -0.2) is 58.0 Å². The van der Waals surface area contributed by atoms with Crippen LogP contribution in [0.25, 0.3) is 0 Å². The second kappa shape index (κ2) is 15.7. The maximum absolute atomic E-state index is 11.3. The minimum Gasteiger partial charge on any atom is -0.416 e. The summed E-state index contributed by atoms with van der Waals surface area (Å²) in [4.78, 5) is 0. The van der Waals surface area contributed by atoms with E-state index >= 15 is 0 Å². The molecule has 1 N–H and O–H groups in total. The van der Waals surface area contributed by atoms with Gasteiger partial charge in [-0.2, -0.15) is 0 Å². The summed E-state index contributed by atoms with van der Waals surface area (Å²) in [5, 5.41) is 11.6. The number of unbranched alkanes of at least 4 members (excludes halogenated alkanes) is 1. The van der Waals surface area contributed by atoms with E-state index in [1.54, 1.807) is 0 Å². The molecule has 2 aliphatic rings. The molecule has 0 aromatic carbocycles. The third-order valence-electron chi connectivity index (χ3n) is 11.4. The summed E-state index contributed by atoms with van der Waals surface area (Å²) in [6.07, 6.45) is 18.6. The molecule has 0 unspecified atom stereocenters. The zero-order valence-corrected chi connectivity index (χ0v) is 33.6. The van der Waals surface area contributed by atoms with E-state index in [0.29, 0.717) is 31.8 Å². The quantitative estimate of drug-likeness (QED) is 0.121. The first kappa shape index (κ1) is 40.4. The summed E-state index contributed by atoms with van der Waals surface area (Å²) < 4.78 is 26.8. The second-order valence-corrected chi connectivity index (χ2v) is 27.0. The number of allylic oxidation sites excluding steroid dienone is 2. The van der Waals surface area contributed by atoms with Gasteiger partial charge in [0.25, 0.3) is 0 Å². The summed E-state index contributed by atoms with van der Waals surface area (Å²) in [5.74, 6) is 2.70. The number of hydrogen-bond acceptors (Lipinski definition) is 5. The molecule has 0 aromatic rings. The van der Waals surface area contributed by atoms with Crippen LogP contribution in [-0.2, 0) is 18.3 Å². The Hall–Kier alpha value is -0.726. The Bertz CT molecular complexity index is 1050. The van der Waals surface area contributed by atoms with E-state index in [2.05, 4.69) is 120 Å². The van der Waals surface area contributed by atoms with Crippen molar-refractivity contribution in [2.45, 2.75) is 187 Å². The Labute approximate surface area is 280 Å². The zero-order valence-electron chi connectivity index (χ0n) is 31.6. The van der Waals surface area contributed by atoms with Crippen LogP contribution < -0.4 is 0 Å². The molecule has 2 rings (SSSR count). The molecule has 2 saturated heterocycles. The molecule has 0 aliphatic carbocycles. The van der Waals surface area contributed by atoms with Crippen molar-refractivity contribution in [3.05, 3.63) is 23.8 Å². The highest BCUT2D eigenvalue weighted by molar-refractivity contribution is 6.74. The topological polar surface area (TPSA) is 57.2 Å². The maximum Gasteiger partial charge on any atom is 0.192 e. The molecule has 5 nitrogen and oxygen atoms in total. The van der Waals surface area contributed by atoms with Crippen LogP contribution in [0.4, 0.5) is 0 Å². The van der Waals surface area contributed by atoms with E-state index in [9.17, 15) is 5.11 Å². The predicted octanol–water partition coefficient (Wildman–Crippen LogP) is 10.2. The van der Waals surface area contributed by atoms with Gasteiger partial charge in [0, 0.05) is 25.4 Å². The van der Waals surface area contributed by atoms with Crippen LogP contribution in [0.1, 0.15) is 121 Å². The second-order valence-electron chi connectivity index (χ2n) is 17.4. The standard InChI is InChI=1S/C38H70O5Si2/c1-16-18-24-37(39)26-27-38(42-34(37)17-2)25-23-30(4)32(41-38)21-19-29(3)20-22-33(43-45(14,15)36(9,10)11)31(5)28-40-44(12,13)35(6,7)8/h2,19-20,22,30-34,39H,16,18,21,23-28H2,1,3-15H3/b22-20+,29-19+/t30-,31-,32+,33-,34-,37+,38-/m0/s1. The van der Waals surface area contributed by atoms with Crippen molar-refractivity contribution in [1.82, 2.24) is 0 Å². The average Bonchev–Trinajstić information content (AvgIpc) is 2.93. The Balaban J connectivity index is 2.17. The summed E-state index contributed by atoms with van der Waals surface area (Å²) in [5.41, 5.74) is 0.238. The van der Waals surface area contributed by atoms with Gasteiger partial charge in [0.1, 0.15) is 11.7 Å². The molecule has 260 valence electrons. The third kappa shape index (κ3) is 10.9. The van der Waals surface area contributed by atoms with Crippen molar-refractivity contribution in [2.75, 3.05) is 6.61 Å². The van der Waals surface area contributed by atoms with Crippen molar-refractivity contribution < 1.29 is 23.4 Å². The summed E-state index contributed by atoms with van der Waals surface area (Å²) >= 11 is 0. The summed E-state index contributed by atoms with van der Waals surface area (Å²) in [6, 6.07) is 0. The Morgan fingerprint density at radius 2 is 1.67 bits per heavy atom. The van der Waals surface area contributed by atoms with Gasteiger partial charge in [-0.1, -0.05) is 105 Å². The monoisotopic (exact) mass is 662 g/mol. The molecule has 45 heavy (non-hydrogen) atoms. The first-order valence-electron chi connectivity index (χ1n) is 17.7. The van der Waals surface area contributed by atoms with Crippen molar-refractivity contribution >= 4 is 16.6 Å². The fraction of sp³-hybridized carbons (Fsp3) is 0.842. The smallest absolute Gasteiger partial charge is 0.192 e. The molecule has 2 fully saturated rings. The molecular weight excluding hydrogens is 593 g/mol. The minimum absolute atomic E-state index is 0.0186. The molecule has 7 atom stereocenters. The van der Waals surface area contributed by atoms with Crippen molar-refractivity contribution in [3.63, 3.8) is 0 Å². The fourth-order valence-corrected chi connectivity index (χ4v) is 8.07. The lowest BCUT2D eigenvalue weighted by molar-refractivity contribution is -0.342. The van der Waals surface area contributed by atoms with E-state index < -0.39 is 34.1 Å². The fourth-order valence-electron chi connectivity index (χ4n) is 5.61. The first-order valence-corrected chi connectivity index (χ1v) is 23.5. The predicted molar refractivity (Wildman–Crippen MR) is 195 cm³/mol. The van der Waals surface area contributed by atoms with E-state index in [-0.39, 0.29) is 28.2 Å². The normalized spacial score (nSPS) is 30.4. The molecule has 0 amide bonds. The average molecular weight is 663 g/mol. The number of ether oxygens (including phenoxy) is 2. The number of aliphatic hydroxyl groups is 1. The van der Waals surface area contributed by atoms with E-state index in [1.807, 2.05) is 0 Å². The summed E-state index contributed by atoms with van der Waals surface area (Å²) in [6.45, 7) is 32.6. The van der Waals surface area contributed by atoms with Crippen LogP contribution in [0.5, 0.6) is 0 Å². The van der Waals surface area contributed by atoms with Gasteiger partial charge >= 0.3 is 0 Å². The van der Waals surface area contributed by atoms with Gasteiger partial charge in [-0.15, -0.1) is 6.42 Å². The lowest BCUT2D eigenvalue weighted by Gasteiger charge is -2.51. The Morgan fingerprint density at radius 3 is 2.22 bits per heavy atom. The molecule has 7 heteroatoms. The van der Waals surface area contributed by atoms with Gasteiger partial charge in [-0.05, 0) is 74.8 Å². The van der Waals surface area contributed by atoms with Crippen LogP contribution >= 0.6 is 0 Å². The minimum atomic E-state index is -2.00. The molecular formula is C38H70O5Si2. The zero-order chi connectivity index (χ0) is 34.5. The molecule has 2 heterocycles. The van der Waals surface area contributed by atoms with Crippen molar-refractivity contribution in [2.24, 2.45) is 11.8 Å². The Kier molecular flexibility index (Phi) is 14.1. The van der Waals surface area contributed by atoms with Crippen molar-refractivity contribution in [3.8, 4) is 12.3 Å². The molecule has 1 spiro atoms. The van der Waals surface area contributed by atoms with Gasteiger partial charge in [-0.25, -0.2) is 0 Å². The molecule has 0 aromatic heterocycles. The van der Waals surface area contributed by atoms with Crippen molar-refractivity contribution in [1.29, 1.82) is 0 Å². The van der Waals surface area contributed by atoms with Crippen LogP contribution in [0.15, 0.2) is 23.8 Å². The van der Waals surface area contributed by atoms with Gasteiger partial charge in [0.05, 0.1) is 12.2 Å². The highest BCUT2D eigenvalue weighted by atomic mass is 28.4. The molecule has 0 saturated carbocycles. The van der Waals surface area contributed by atoms with E-state index in [1.165, 1.54) is 5.57 Å². The number of terminal acetylenes is 1. The highest BCUT2D eigenvalue weighted by Crippen LogP contribution is 2.46. The van der Waals surface area contributed by atoms with Crippen LogP contribution in [0.2, 0.25) is 36.3 Å². The van der Waals surface area contributed by atoms with Gasteiger partial charge in [0.2, 0.25) is 0 Å². The van der Waals surface area contributed by atoms with Gasteiger partial charge in [0.15, 0.2) is 22.4 Å². The van der Waals surface area contributed by atoms with Gasteiger partial charge in [-0.3, -0.25) is 0 Å². The molecule has 0 radical (unpaired) electrons. The third-order valence-corrected chi connectivity index (χ3v) is 20.4.